The molecule has 1 aliphatic rings. The molecule has 3 N–H and O–H groups in total. The van der Waals surface area contributed by atoms with Crippen molar-refractivity contribution >= 4 is 35.2 Å². The molecule has 1 aliphatic heterocycles. The summed E-state index contributed by atoms with van der Waals surface area (Å²) < 4.78 is 31.7. The molecule has 0 aromatic heterocycles. The molecular weight excluding hydrogens is 655 g/mol. The molecule has 0 saturated carbocycles. The largest absolute Gasteiger partial charge is 0.491 e. The SMILES string of the molecule is CCN1CCOc2ccccc2C(=O)N[C@H](C(=O)N[C@H](C)COc2ccc(F)cc2Oc2cccc(Cl)c2)CC(=O)N[C@@H](CC(C)C)C1=O. The minimum Gasteiger partial charge on any atom is -0.491 e. The third-order valence-electron chi connectivity index (χ3n) is 7.60. The number of likely N-dealkylation sites (N-methyl/N-ethyl adjacent to an activating group) is 1. The van der Waals surface area contributed by atoms with Gasteiger partial charge in [0.05, 0.1) is 24.6 Å². The summed E-state index contributed by atoms with van der Waals surface area (Å²) in [5, 5.41) is 8.68. The van der Waals surface area contributed by atoms with Gasteiger partial charge in [0, 0.05) is 17.6 Å². The molecule has 13 heteroatoms. The van der Waals surface area contributed by atoms with Crippen molar-refractivity contribution in [1.82, 2.24) is 20.9 Å². The van der Waals surface area contributed by atoms with Crippen molar-refractivity contribution in [1.29, 1.82) is 0 Å². The number of benzene rings is 3. The molecule has 0 aliphatic carbocycles. The molecule has 49 heavy (non-hydrogen) atoms. The van der Waals surface area contributed by atoms with E-state index < -0.39 is 48.1 Å². The molecule has 3 atom stereocenters. The fourth-order valence-electron chi connectivity index (χ4n) is 5.21. The first-order valence-corrected chi connectivity index (χ1v) is 16.6. The number of nitrogens with zero attached hydrogens (tertiary/aromatic N) is 1. The van der Waals surface area contributed by atoms with Gasteiger partial charge in [-0.25, -0.2) is 4.39 Å². The topological polar surface area (TPSA) is 135 Å². The van der Waals surface area contributed by atoms with E-state index in [4.69, 9.17) is 25.8 Å². The zero-order valence-corrected chi connectivity index (χ0v) is 28.7. The van der Waals surface area contributed by atoms with Crippen LogP contribution in [0.3, 0.4) is 0 Å². The third-order valence-corrected chi connectivity index (χ3v) is 7.84. The van der Waals surface area contributed by atoms with E-state index in [9.17, 15) is 23.6 Å². The Balaban J connectivity index is 1.51. The van der Waals surface area contributed by atoms with E-state index >= 15 is 0 Å². The maximum Gasteiger partial charge on any atom is 0.255 e. The Kier molecular flexibility index (Phi) is 13.2. The van der Waals surface area contributed by atoms with Gasteiger partial charge in [0.1, 0.15) is 42.6 Å². The van der Waals surface area contributed by atoms with Gasteiger partial charge in [-0.3, -0.25) is 19.2 Å². The van der Waals surface area contributed by atoms with Gasteiger partial charge in [0.2, 0.25) is 17.7 Å². The highest BCUT2D eigenvalue weighted by Crippen LogP contribution is 2.33. The summed E-state index contributed by atoms with van der Waals surface area (Å²) in [5.41, 5.74) is 0.171. The average molecular weight is 697 g/mol. The molecule has 0 fully saturated rings. The third kappa shape index (κ3) is 10.8. The van der Waals surface area contributed by atoms with Crippen molar-refractivity contribution < 1.29 is 37.8 Å². The van der Waals surface area contributed by atoms with Crippen LogP contribution >= 0.6 is 11.6 Å². The predicted molar refractivity (Wildman–Crippen MR) is 182 cm³/mol. The van der Waals surface area contributed by atoms with E-state index in [0.29, 0.717) is 23.7 Å². The van der Waals surface area contributed by atoms with Gasteiger partial charge < -0.3 is 35.1 Å². The number of para-hydroxylation sites is 1. The molecule has 0 spiro atoms. The number of carbonyl (C=O) groups is 4. The summed E-state index contributed by atoms with van der Waals surface area (Å²) in [7, 11) is 0. The van der Waals surface area contributed by atoms with Gasteiger partial charge in [0.25, 0.3) is 5.91 Å². The fourth-order valence-corrected chi connectivity index (χ4v) is 5.39. The van der Waals surface area contributed by atoms with Crippen LogP contribution in [0.4, 0.5) is 4.39 Å². The summed E-state index contributed by atoms with van der Waals surface area (Å²) in [6, 6.07) is 14.2. The number of amides is 4. The van der Waals surface area contributed by atoms with Crippen molar-refractivity contribution in [2.24, 2.45) is 5.92 Å². The first kappa shape index (κ1) is 37.0. The van der Waals surface area contributed by atoms with Crippen molar-refractivity contribution in [2.45, 2.75) is 58.7 Å². The normalized spacial score (nSPS) is 17.9. The number of carbonyl (C=O) groups excluding carboxylic acids is 4. The number of halogens is 2. The van der Waals surface area contributed by atoms with Crippen LogP contribution in [0.1, 0.15) is 50.9 Å². The summed E-state index contributed by atoms with van der Waals surface area (Å²) in [6.45, 7) is 8.10. The van der Waals surface area contributed by atoms with Crippen LogP contribution in [-0.2, 0) is 14.4 Å². The maximum absolute atomic E-state index is 14.1. The number of ether oxygens (including phenoxy) is 3. The Labute approximate surface area is 290 Å². The van der Waals surface area contributed by atoms with Crippen LogP contribution in [0.2, 0.25) is 5.02 Å². The van der Waals surface area contributed by atoms with Gasteiger partial charge in [-0.2, -0.15) is 0 Å². The van der Waals surface area contributed by atoms with E-state index in [-0.39, 0.29) is 54.4 Å². The molecule has 262 valence electrons. The van der Waals surface area contributed by atoms with Crippen molar-refractivity contribution in [3.05, 3.63) is 83.1 Å². The second kappa shape index (κ2) is 17.5. The molecule has 3 aromatic rings. The minimum atomic E-state index is -1.31. The Morgan fingerprint density at radius 1 is 1.04 bits per heavy atom. The molecule has 0 bridgehead atoms. The summed E-state index contributed by atoms with van der Waals surface area (Å²) in [6.07, 6.45) is -0.0491. The van der Waals surface area contributed by atoms with Crippen molar-refractivity contribution in [2.75, 3.05) is 26.3 Å². The van der Waals surface area contributed by atoms with Crippen LogP contribution in [0.5, 0.6) is 23.0 Å². The highest BCUT2D eigenvalue weighted by atomic mass is 35.5. The highest BCUT2D eigenvalue weighted by Gasteiger charge is 2.31. The zero-order chi connectivity index (χ0) is 35.5. The van der Waals surface area contributed by atoms with Crippen molar-refractivity contribution in [3.63, 3.8) is 0 Å². The zero-order valence-electron chi connectivity index (χ0n) is 28.0. The van der Waals surface area contributed by atoms with Crippen LogP contribution in [-0.4, -0.2) is 73.0 Å². The van der Waals surface area contributed by atoms with E-state index in [1.54, 1.807) is 60.4 Å². The maximum atomic E-state index is 14.1. The first-order valence-electron chi connectivity index (χ1n) is 16.2. The number of nitrogens with one attached hydrogen (secondary N) is 3. The Morgan fingerprint density at radius 3 is 2.55 bits per heavy atom. The van der Waals surface area contributed by atoms with Crippen LogP contribution in [0, 0.1) is 11.7 Å². The van der Waals surface area contributed by atoms with Gasteiger partial charge in [-0.15, -0.1) is 0 Å². The van der Waals surface area contributed by atoms with E-state index in [1.165, 1.54) is 18.2 Å². The summed E-state index contributed by atoms with van der Waals surface area (Å²) in [4.78, 5) is 55.5. The number of hydrogen-bond acceptors (Lipinski definition) is 7. The monoisotopic (exact) mass is 696 g/mol. The van der Waals surface area contributed by atoms with Crippen LogP contribution < -0.4 is 30.2 Å². The molecule has 0 radical (unpaired) electrons. The van der Waals surface area contributed by atoms with E-state index in [0.717, 1.165) is 0 Å². The molecule has 4 amide bonds. The second-order valence-electron chi connectivity index (χ2n) is 12.1. The van der Waals surface area contributed by atoms with Crippen LogP contribution in [0.25, 0.3) is 0 Å². The average Bonchev–Trinajstić information content (AvgIpc) is 3.05. The number of hydrogen-bond donors (Lipinski definition) is 3. The fraction of sp³-hybridized carbons (Fsp3) is 0.389. The quantitative estimate of drug-likeness (QED) is 0.268. The van der Waals surface area contributed by atoms with Gasteiger partial charge in [-0.1, -0.05) is 43.6 Å². The van der Waals surface area contributed by atoms with E-state index in [2.05, 4.69) is 16.0 Å². The second-order valence-corrected chi connectivity index (χ2v) is 12.5. The van der Waals surface area contributed by atoms with Gasteiger partial charge in [-0.05, 0) is 68.7 Å². The molecule has 1 heterocycles. The lowest BCUT2D eigenvalue weighted by molar-refractivity contribution is -0.137. The smallest absolute Gasteiger partial charge is 0.255 e. The Bertz CT molecular complexity index is 1640. The van der Waals surface area contributed by atoms with Gasteiger partial charge in [0.15, 0.2) is 11.5 Å². The molecule has 4 rings (SSSR count). The molecule has 3 aromatic carbocycles. The lowest BCUT2D eigenvalue weighted by Gasteiger charge is -2.29. The first-order chi connectivity index (χ1) is 23.4. The molecule has 0 saturated heterocycles. The molecular formula is C36H42ClFN4O7. The van der Waals surface area contributed by atoms with Crippen LogP contribution in [0.15, 0.2) is 66.7 Å². The van der Waals surface area contributed by atoms with E-state index in [1.807, 2.05) is 20.8 Å². The minimum absolute atomic E-state index is 0.0648. The van der Waals surface area contributed by atoms with Gasteiger partial charge >= 0.3 is 0 Å². The number of rotatable bonds is 10. The highest BCUT2D eigenvalue weighted by molar-refractivity contribution is 6.30. The molecule has 11 nitrogen and oxygen atoms in total. The summed E-state index contributed by atoms with van der Waals surface area (Å²) >= 11 is 6.05. The Morgan fingerprint density at radius 2 is 1.82 bits per heavy atom. The Hall–Kier alpha value is -4.84. The predicted octanol–water partition coefficient (Wildman–Crippen LogP) is 5.12. The van der Waals surface area contributed by atoms with Crippen molar-refractivity contribution in [3.8, 4) is 23.0 Å². The lowest BCUT2D eigenvalue weighted by atomic mass is 10.0. The number of fused-ring (bicyclic) bond motifs is 1. The lowest BCUT2D eigenvalue weighted by Crippen LogP contribution is -2.54. The summed E-state index contributed by atoms with van der Waals surface area (Å²) in [5.74, 6) is -1.58. The molecule has 0 unspecified atom stereocenters. The standard InChI is InChI=1S/C36H42ClFN4O7/c1-5-42-15-16-47-30-12-7-6-11-27(30)34(44)41-28(20-33(43)40-29(36(42)46)17-22(2)3)35(45)39-23(4)21-48-31-14-13-25(38)19-32(31)49-26-10-8-9-24(37)18-26/h6-14,18-19,22-23,28-29H,5,15-17,20-21H2,1-4H3,(H,39,45)(H,40,43)(H,41,44)/t23-,28+,29+/m1/s1.